The topological polar surface area (TPSA) is 183 Å². The number of nitrogens with one attached hydrogen (secondary N) is 4. The van der Waals surface area contributed by atoms with Crippen LogP contribution in [0.1, 0.15) is 46.0 Å². The number of nitrogens with two attached hydrogens (primary N) is 1. The summed E-state index contributed by atoms with van der Waals surface area (Å²) in [6, 6.07) is -3.72. The Hall–Kier alpha value is -2.24. The molecule has 5 atom stereocenters. The van der Waals surface area contributed by atoms with Gasteiger partial charge >= 0.3 is 5.97 Å². The van der Waals surface area contributed by atoms with Crippen LogP contribution in [0.15, 0.2) is 0 Å². The summed E-state index contributed by atoms with van der Waals surface area (Å²) in [6.07, 6.45) is 1.94. The van der Waals surface area contributed by atoms with Crippen LogP contribution in [-0.2, 0) is 19.2 Å². The molecule has 0 spiro atoms. The molecule has 1 heterocycles. The van der Waals surface area contributed by atoms with E-state index in [0.29, 0.717) is 32.2 Å². The molecular weight excluding hydrogens is 382 g/mol. The highest BCUT2D eigenvalue weighted by Gasteiger charge is 2.30. The second-order valence-corrected chi connectivity index (χ2v) is 7.29. The Morgan fingerprint density at radius 3 is 2.31 bits per heavy atom. The monoisotopic (exact) mass is 415 g/mol. The lowest BCUT2D eigenvalue weighted by atomic mass is 10.1. The molecule has 0 bridgehead atoms. The first-order valence-corrected chi connectivity index (χ1v) is 9.92. The van der Waals surface area contributed by atoms with Crippen molar-refractivity contribution in [1.82, 2.24) is 21.3 Å². The van der Waals surface area contributed by atoms with Crippen molar-refractivity contribution in [2.24, 2.45) is 5.73 Å². The molecule has 29 heavy (non-hydrogen) atoms. The van der Waals surface area contributed by atoms with Gasteiger partial charge in [-0.3, -0.25) is 14.4 Å². The molecule has 1 aliphatic heterocycles. The van der Waals surface area contributed by atoms with E-state index in [1.54, 1.807) is 0 Å². The molecule has 0 aliphatic carbocycles. The zero-order valence-electron chi connectivity index (χ0n) is 16.9. The molecule has 0 radical (unpaired) electrons. The van der Waals surface area contributed by atoms with Gasteiger partial charge in [-0.1, -0.05) is 0 Å². The molecule has 1 rings (SSSR count). The maximum Gasteiger partial charge on any atom is 0.328 e. The van der Waals surface area contributed by atoms with Gasteiger partial charge < -0.3 is 37.2 Å². The van der Waals surface area contributed by atoms with Crippen LogP contribution in [0.2, 0.25) is 0 Å². The Kier molecular flexibility index (Phi) is 10.6. The number of carboxylic acid groups (broad SMARTS) is 1. The zero-order valence-corrected chi connectivity index (χ0v) is 16.9. The summed E-state index contributed by atoms with van der Waals surface area (Å²) in [5, 5.41) is 29.0. The SMILES string of the molecule is CC(NC(=O)C(CCCCN)NC(=O)C1CCCN1)C(=O)NC(C(=O)O)C(C)O. The Morgan fingerprint density at radius 1 is 1.10 bits per heavy atom. The number of hydrogen-bond acceptors (Lipinski definition) is 7. The first-order valence-electron chi connectivity index (χ1n) is 9.92. The molecule has 0 aromatic heterocycles. The fourth-order valence-electron chi connectivity index (χ4n) is 2.99. The van der Waals surface area contributed by atoms with Gasteiger partial charge in [-0.25, -0.2) is 4.79 Å². The number of aliphatic hydroxyl groups excluding tert-OH is 1. The molecule has 1 fully saturated rings. The fourth-order valence-corrected chi connectivity index (χ4v) is 2.99. The molecule has 0 saturated carbocycles. The summed E-state index contributed by atoms with van der Waals surface area (Å²) in [5.41, 5.74) is 5.49. The van der Waals surface area contributed by atoms with Crippen LogP contribution in [0.3, 0.4) is 0 Å². The Balaban J connectivity index is 2.69. The van der Waals surface area contributed by atoms with E-state index in [1.807, 2.05) is 0 Å². The van der Waals surface area contributed by atoms with Crippen molar-refractivity contribution in [2.45, 2.75) is 76.2 Å². The van der Waals surface area contributed by atoms with Crippen molar-refractivity contribution in [3.63, 3.8) is 0 Å². The summed E-state index contributed by atoms with van der Waals surface area (Å²) >= 11 is 0. The third kappa shape index (κ3) is 8.34. The van der Waals surface area contributed by atoms with E-state index in [2.05, 4.69) is 21.3 Å². The Morgan fingerprint density at radius 2 is 1.79 bits per heavy atom. The summed E-state index contributed by atoms with van der Waals surface area (Å²) in [7, 11) is 0. The van der Waals surface area contributed by atoms with Crippen LogP contribution in [-0.4, -0.2) is 77.3 Å². The van der Waals surface area contributed by atoms with E-state index >= 15 is 0 Å². The van der Waals surface area contributed by atoms with Crippen molar-refractivity contribution in [2.75, 3.05) is 13.1 Å². The van der Waals surface area contributed by atoms with Crippen LogP contribution in [0.25, 0.3) is 0 Å². The molecule has 0 aromatic rings. The van der Waals surface area contributed by atoms with Gasteiger partial charge in [0.2, 0.25) is 17.7 Å². The first-order chi connectivity index (χ1) is 13.7. The minimum atomic E-state index is -1.49. The average molecular weight is 415 g/mol. The number of unbranched alkanes of at least 4 members (excludes halogenated alkanes) is 1. The van der Waals surface area contributed by atoms with Crippen molar-refractivity contribution in [3.05, 3.63) is 0 Å². The number of carboxylic acids is 1. The third-order valence-electron chi connectivity index (χ3n) is 4.75. The Labute approximate surface area is 170 Å². The standard InChI is InChI=1S/C18H33N5O6/c1-10(15(25)23-14(11(2)24)18(28)29)21-17(27)13(6-3-4-8-19)22-16(26)12-7-5-9-20-12/h10-14,20,24H,3-9,19H2,1-2H3,(H,21,27)(H,22,26)(H,23,25)(H,28,29). The van der Waals surface area contributed by atoms with E-state index < -0.39 is 42.0 Å². The van der Waals surface area contributed by atoms with Crippen molar-refractivity contribution in [1.29, 1.82) is 0 Å². The van der Waals surface area contributed by atoms with Gasteiger partial charge in [0.25, 0.3) is 0 Å². The number of carbonyl (C=O) groups excluding carboxylic acids is 3. The maximum atomic E-state index is 12.6. The number of rotatable bonds is 12. The number of carbonyl (C=O) groups is 4. The van der Waals surface area contributed by atoms with E-state index in [9.17, 15) is 24.3 Å². The van der Waals surface area contributed by atoms with Gasteiger partial charge in [-0.15, -0.1) is 0 Å². The molecule has 11 nitrogen and oxygen atoms in total. The average Bonchev–Trinajstić information content (AvgIpc) is 3.19. The second kappa shape index (κ2) is 12.3. The molecular formula is C18H33N5O6. The van der Waals surface area contributed by atoms with E-state index in [0.717, 1.165) is 13.0 Å². The lowest BCUT2D eigenvalue weighted by Crippen LogP contribution is -2.57. The minimum Gasteiger partial charge on any atom is -0.480 e. The predicted octanol–water partition coefficient (Wildman–Crippen LogP) is -2.19. The lowest BCUT2D eigenvalue weighted by Gasteiger charge is -2.24. The van der Waals surface area contributed by atoms with Crippen LogP contribution in [0, 0.1) is 0 Å². The fraction of sp³-hybridized carbons (Fsp3) is 0.778. The van der Waals surface area contributed by atoms with Gasteiger partial charge in [-0.05, 0) is 59.0 Å². The number of hydrogen-bond donors (Lipinski definition) is 7. The van der Waals surface area contributed by atoms with Crippen LogP contribution in [0.5, 0.6) is 0 Å². The van der Waals surface area contributed by atoms with Gasteiger partial charge in [0.15, 0.2) is 6.04 Å². The highest BCUT2D eigenvalue weighted by molar-refractivity contribution is 5.94. The third-order valence-corrected chi connectivity index (χ3v) is 4.75. The molecule has 1 aliphatic rings. The normalized spacial score (nSPS) is 20.2. The maximum absolute atomic E-state index is 12.6. The van der Waals surface area contributed by atoms with Crippen LogP contribution < -0.4 is 27.0 Å². The summed E-state index contributed by atoms with van der Waals surface area (Å²) in [5.74, 6) is -2.95. The molecule has 5 unspecified atom stereocenters. The molecule has 8 N–H and O–H groups in total. The van der Waals surface area contributed by atoms with Crippen LogP contribution in [0.4, 0.5) is 0 Å². The first kappa shape index (κ1) is 24.8. The van der Waals surface area contributed by atoms with E-state index in [-0.39, 0.29) is 11.9 Å². The predicted molar refractivity (Wildman–Crippen MR) is 105 cm³/mol. The van der Waals surface area contributed by atoms with Gasteiger partial charge in [0, 0.05) is 0 Å². The Bertz CT molecular complexity index is 579. The molecule has 1 saturated heterocycles. The quantitative estimate of drug-likeness (QED) is 0.175. The number of aliphatic hydroxyl groups is 1. The number of amides is 3. The highest BCUT2D eigenvalue weighted by Crippen LogP contribution is 2.07. The summed E-state index contributed by atoms with van der Waals surface area (Å²) in [6.45, 7) is 3.84. The largest absolute Gasteiger partial charge is 0.480 e. The van der Waals surface area contributed by atoms with Gasteiger partial charge in [-0.2, -0.15) is 0 Å². The lowest BCUT2D eigenvalue weighted by molar-refractivity contribution is -0.145. The van der Waals surface area contributed by atoms with E-state index in [1.165, 1.54) is 13.8 Å². The number of aliphatic carboxylic acids is 1. The molecule has 0 aromatic carbocycles. The van der Waals surface area contributed by atoms with Gasteiger partial charge in [0.1, 0.15) is 12.1 Å². The van der Waals surface area contributed by atoms with Gasteiger partial charge in [0.05, 0.1) is 12.1 Å². The molecule has 11 heteroatoms. The summed E-state index contributed by atoms with van der Waals surface area (Å²) in [4.78, 5) is 48.3. The smallest absolute Gasteiger partial charge is 0.328 e. The molecule has 3 amide bonds. The van der Waals surface area contributed by atoms with E-state index in [4.69, 9.17) is 10.8 Å². The van der Waals surface area contributed by atoms with Crippen molar-refractivity contribution < 1.29 is 29.4 Å². The molecule has 166 valence electrons. The zero-order chi connectivity index (χ0) is 22.0. The minimum absolute atomic E-state index is 0.271. The van der Waals surface area contributed by atoms with Crippen molar-refractivity contribution >= 4 is 23.7 Å². The second-order valence-electron chi connectivity index (χ2n) is 7.29. The highest BCUT2D eigenvalue weighted by atomic mass is 16.4. The van der Waals surface area contributed by atoms with Crippen molar-refractivity contribution in [3.8, 4) is 0 Å². The summed E-state index contributed by atoms with van der Waals surface area (Å²) < 4.78 is 0. The van der Waals surface area contributed by atoms with Crippen LogP contribution >= 0.6 is 0 Å².